The highest BCUT2D eigenvalue weighted by Gasteiger charge is 2.34. The van der Waals surface area contributed by atoms with E-state index in [0.717, 1.165) is 30.4 Å². The number of nitrogens with one attached hydrogen (secondary N) is 1. The Labute approximate surface area is 112 Å². The maximum atomic E-state index is 5.90. The third-order valence-corrected chi connectivity index (χ3v) is 4.77. The SMILES string of the molecule is CNc1snnc1CN1CCOC2CCCCC21. The van der Waals surface area contributed by atoms with Crippen LogP contribution in [0, 0.1) is 0 Å². The summed E-state index contributed by atoms with van der Waals surface area (Å²) in [5.41, 5.74) is 1.08. The summed E-state index contributed by atoms with van der Waals surface area (Å²) >= 11 is 1.44. The van der Waals surface area contributed by atoms with Crippen molar-refractivity contribution < 1.29 is 4.74 Å². The number of nitrogens with zero attached hydrogens (tertiary/aromatic N) is 3. The Morgan fingerprint density at radius 2 is 2.33 bits per heavy atom. The van der Waals surface area contributed by atoms with Gasteiger partial charge in [-0.05, 0) is 12.8 Å². The highest BCUT2D eigenvalue weighted by Crippen LogP contribution is 2.30. The highest BCUT2D eigenvalue weighted by atomic mass is 32.1. The molecule has 2 unspecified atom stereocenters. The van der Waals surface area contributed by atoms with Crippen molar-refractivity contribution in [2.24, 2.45) is 0 Å². The van der Waals surface area contributed by atoms with Crippen molar-refractivity contribution in [3.05, 3.63) is 5.69 Å². The molecule has 1 aliphatic heterocycles. The average Bonchev–Trinajstić information content (AvgIpc) is 2.86. The van der Waals surface area contributed by atoms with Crippen molar-refractivity contribution in [1.82, 2.24) is 14.5 Å². The molecular formula is C12H20N4OS. The topological polar surface area (TPSA) is 50.3 Å². The van der Waals surface area contributed by atoms with Crippen LogP contribution in [0.4, 0.5) is 5.00 Å². The predicted octanol–water partition coefficient (Wildman–Crippen LogP) is 1.72. The number of fused-ring (bicyclic) bond motifs is 1. The van der Waals surface area contributed by atoms with E-state index in [-0.39, 0.29) is 0 Å². The lowest BCUT2D eigenvalue weighted by Crippen LogP contribution is -2.52. The first-order valence-corrected chi connectivity index (χ1v) is 7.50. The summed E-state index contributed by atoms with van der Waals surface area (Å²) in [5.74, 6) is 0. The van der Waals surface area contributed by atoms with E-state index in [2.05, 4.69) is 19.8 Å². The van der Waals surface area contributed by atoms with Crippen LogP contribution in [0.3, 0.4) is 0 Å². The Morgan fingerprint density at radius 3 is 3.22 bits per heavy atom. The van der Waals surface area contributed by atoms with E-state index in [1.54, 1.807) is 0 Å². The van der Waals surface area contributed by atoms with Crippen LogP contribution in [0.1, 0.15) is 31.4 Å². The molecule has 3 rings (SSSR count). The zero-order chi connectivity index (χ0) is 12.4. The maximum absolute atomic E-state index is 5.90. The molecule has 1 saturated heterocycles. The van der Waals surface area contributed by atoms with Crippen molar-refractivity contribution in [2.45, 2.75) is 44.4 Å². The van der Waals surface area contributed by atoms with Crippen LogP contribution in [0.15, 0.2) is 0 Å². The molecule has 2 heterocycles. The molecule has 2 aliphatic rings. The second kappa shape index (κ2) is 5.50. The fraction of sp³-hybridized carbons (Fsp3) is 0.833. The van der Waals surface area contributed by atoms with Gasteiger partial charge in [-0.25, -0.2) is 0 Å². The molecule has 6 heteroatoms. The Bertz CT molecular complexity index is 395. The number of anilines is 1. The fourth-order valence-corrected chi connectivity index (χ4v) is 3.59. The minimum atomic E-state index is 0.442. The lowest BCUT2D eigenvalue weighted by Gasteiger charge is -2.43. The molecule has 0 spiro atoms. The minimum Gasteiger partial charge on any atom is -0.377 e. The number of hydrogen-bond donors (Lipinski definition) is 1. The van der Waals surface area contributed by atoms with E-state index < -0.39 is 0 Å². The van der Waals surface area contributed by atoms with Crippen LogP contribution in [0.25, 0.3) is 0 Å². The van der Waals surface area contributed by atoms with Gasteiger partial charge in [0, 0.05) is 37.7 Å². The summed E-state index contributed by atoms with van der Waals surface area (Å²) in [4.78, 5) is 2.53. The van der Waals surface area contributed by atoms with Gasteiger partial charge in [-0.3, -0.25) is 4.90 Å². The maximum Gasteiger partial charge on any atom is 0.134 e. The van der Waals surface area contributed by atoms with E-state index >= 15 is 0 Å². The minimum absolute atomic E-state index is 0.442. The first-order chi connectivity index (χ1) is 8.88. The van der Waals surface area contributed by atoms with Crippen LogP contribution < -0.4 is 5.32 Å². The molecule has 1 aliphatic carbocycles. The fourth-order valence-electron chi connectivity index (χ4n) is 3.07. The summed E-state index contributed by atoms with van der Waals surface area (Å²) in [6.07, 6.45) is 5.56. The van der Waals surface area contributed by atoms with Gasteiger partial charge in [-0.2, -0.15) is 0 Å². The summed E-state index contributed by atoms with van der Waals surface area (Å²) in [7, 11) is 1.93. The van der Waals surface area contributed by atoms with Crippen molar-refractivity contribution >= 4 is 16.5 Å². The molecule has 1 N–H and O–H groups in total. The van der Waals surface area contributed by atoms with E-state index in [1.807, 2.05) is 7.05 Å². The van der Waals surface area contributed by atoms with Gasteiger partial charge in [-0.15, -0.1) is 5.10 Å². The second-order valence-corrected chi connectivity index (χ2v) is 5.78. The largest absolute Gasteiger partial charge is 0.377 e. The standard InChI is InChI=1S/C12H20N4OS/c1-13-12-9(14-15-18-12)8-16-6-7-17-11-5-3-2-4-10(11)16/h10-11,13H,2-8H2,1H3. The molecule has 1 aromatic heterocycles. The Balaban J connectivity index is 1.71. The highest BCUT2D eigenvalue weighted by molar-refractivity contribution is 7.10. The van der Waals surface area contributed by atoms with E-state index in [0.29, 0.717) is 12.1 Å². The molecule has 18 heavy (non-hydrogen) atoms. The van der Waals surface area contributed by atoms with Gasteiger partial charge in [0.2, 0.25) is 0 Å². The first-order valence-electron chi connectivity index (χ1n) is 6.73. The third kappa shape index (κ3) is 2.37. The summed E-state index contributed by atoms with van der Waals surface area (Å²) in [6, 6.07) is 0.582. The number of morpholine rings is 1. The van der Waals surface area contributed by atoms with E-state index in [4.69, 9.17) is 4.74 Å². The molecule has 1 saturated carbocycles. The Kier molecular flexibility index (Phi) is 3.77. The zero-order valence-corrected chi connectivity index (χ0v) is 11.6. The molecule has 0 aromatic carbocycles. The van der Waals surface area contributed by atoms with Crippen LogP contribution in [-0.2, 0) is 11.3 Å². The zero-order valence-electron chi connectivity index (χ0n) is 10.8. The molecule has 0 bridgehead atoms. The second-order valence-electron chi connectivity index (χ2n) is 5.03. The van der Waals surface area contributed by atoms with Crippen LogP contribution in [0.5, 0.6) is 0 Å². The average molecular weight is 268 g/mol. The molecule has 0 amide bonds. The number of rotatable bonds is 3. The number of ether oxygens (including phenoxy) is 1. The van der Waals surface area contributed by atoms with E-state index in [1.165, 1.54) is 37.2 Å². The summed E-state index contributed by atoms with van der Waals surface area (Å²) in [6.45, 7) is 2.77. The van der Waals surface area contributed by atoms with Crippen LogP contribution in [0.2, 0.25) is 0 Å². The third-order valence-electron chi connectivity index (χ3n) is 3.98. The van der Waals surface area contributed by atoms with Gasteiger partial charge in [0.25, 0.3) is 0 Å². The molecule has 2 atom stereocenters. The smallest absolute Gasteiger partial charge is 0.134 e. The van der Waals surface area contributed by atoms with Gasteiger partial charge in [0.05, 0.1) is 12.7 Å². The Hall–Kier alpha value is -0.720. The quantitative estimate of drug-likeness (QED) is 0.904. The summed E-state index contributed by atoms with van der Waals surface area (Å²) in [5, 5.41) is 8.51. The van der Waals surface area contributed by atoms with Crippen molar-refractivity contribution in [2.75, 3.05) is 25.5 Å². The monoisotopic (exact) mass is 268 g/mol. The Morgan fingerprint density at radius 1 is 1.44 bits per heavy atom. The van der Waals surface area contributed by atoms with Gasteiger partial charge in [0.15, 0.2) is 0 Å². The van der Waals surface area contributed by atoms with Crippen LogP contribution in [-0.4, -0.2) is 46.8 Å². The van der Waals surface area contributed by atoms with Crippen molar-refractivity contribution in [1.29, 1.82) is 0 Å². The van der Waals surface area contributed by atoms with Crippen molar-refractivity contribution in [3.8, 4) is 0 Å². The lowest BCUT2D eigenvalue weighted by molar-refractivity contribution is -0.0913. The van der Waals surface area contributed by atoms with Gasteiger partial charge in [-0.1, -0.05) is 17.3 Å². The predicted molar refractivity (Wildman–Crippen MR) is 71.9 cm³/mol. The molecule has 0 radical (unpaired) electrons. The first kappa shape index (κ1) is 12.3. The lowest BCUT2D eigenvalue weighted by atomic mass is 9.90. The molecule has 100 valence electrons. The molecule has 1 aromatic rings. The normalized spacial score (nSPS) is 28.9. The van der Waals surface area contributed by atoms with Gasteiger partial charge in [0.1, 0.15) is 10.7 Å². The molecular weight excluding hydrogens is 248 g/mol. The van der Waals surface area contributed by atoms with Crippen molar-refractivity contribution in [3.63, 3.8) is 0 Å². The number of aromatic nitrogens is 2. The van der Waals surface area contributed by atoms with Crippen LogP contribution >= 0.6 is 11.5 Å². The number of hydrogen-bond acceptors (Lipinski definition) is 6. The van der Waals surface area contributed by atoms with Gasteiger partial charge >= 0.3 is 0 Å². The summed E-state index contributed by atoms with van der Waals surface area (Å²) < 4.78 is 9.93. The molecule has 2 fully saturated rings. The molecule has 5 nitrogen and oxygen atoms in total. The van der Waals surface area contributed by atoms with E-state index in [9.17, 15) is 0 Å². The van der Waals surface area contributed by atoms with Gasteiger partial charge < -0.3 is 10.1 Å².